The quantitative estimate of drug-likeness (QED) is 0.400. The van der Waals surface area contributed by atoms with Crippen LogP contribution in [0.2, 0.25) is 0 Å². The number of aromatic nitrogens is 2. The lowest BCUT2D eigenvalue weighted by Gasteiger charge is -2.32. The average molecular weight is 462 g/mol. The summed E-state index contributed by atoms with van der Waals surface area (Å²) < 4.78 is 7.40. The normalized spacial score (nSPS) is 16.1. The van der Waals surface area contributed by atoms with Crippen LogP contribution in [-0.4, -0.2) is 41.2 Å². The molecule has 1 unspecified atom stereocenters. The van der Waals surface area contributed by atoms with Crippen molar-refractivity contribution in [2.24, 2.45) is 5.92 Å². The molecule has 0 radical (unpaired) electrons. The smallest absolute Gasteiger partial charge is 0.262 e. The van der Waals surface area contributed by atoms with Crippen LogP contribution in [0.15, 0.2) is 47.5 Å². The second-order valence-electron chi connectivity index (χ2n) is 9.56. The molecule has 0 fully saturated rings. The van der Waals surface area contributed by atoms with E-state index in [9.17, 15) is 4.79 Å². The van der Waals surface area contributed by atoms with Crippen molar-refractivity contribution in [1.29, 1.82) is 0 Å². The zero-order chi connectivity index (χ0) is 23.1. The molecule has 0 N–H and O–H groups in total. The molecule has 0 amide bonds. The first-order valence-electron chi connectivity index (χ1n) is 11.7. The Morgan fingerprint density at radius 2 is 2.06 bits per heavy atom. The van der Waals surface area contributed by atoms with Crippen LogP contribution in [0, 0.1) is 5.92 Å². The van der Waals surface area contributed by atoms with Gasteiger partial charge in [-0.3, -0.25) is 9.36 Å². The van der Waals surface area contributed by atoms with Crippen molar-refractivity contribution in [2.45, 2.75) is 45.7 Å². The minimum atomic E-state index is 0.0569. The summed E-state index contributed by atoms with van der Waals surface area (Å²) >= 11 is 1.70. The lowest BCUT2D eigenvalue weighted by Crippen LogP contribution is -2.38. The lowest BCUT2D eigenvalue weighted by molar-refractivity contribution is 0.201. The number of benzene rings is 2. The number of hydrogen-bond donors (Lipinski definition) is 0. The summed E-state index contributed by atoms with van der Waals surface area (Å²) in [6, 6.07) is 12.8. The van der Waals surface area contributed by atoms with Crippen molar-refractivity contribution < 1.29 is 4.74 Å². The molecule has 5 nitrogen and oxygen atoms in total. The summed E-state index contributed by atoms with van der Waals surface area (Å²) in [5.41, 5.74) is 2.29. The van der Waals surface area contributed by atoms with Gasteiger partial charge in [-0.15, -0.1) is 11.3 Å². The minimum Gasteiger partial charge on any atom is -0.496 e. The molecule has 0 saturated carbocycles. The molecular formula is C27H31N3O2S. The van der Waals surface area contributed by atoms with Crippen LogP contribution in [0.5, 0.6) is 5.75 Å². The number of methoxy groups -OCH3 is 1. The van der Waals surface area contributed by atoms with Gasteiger partial charge in [-0.25, -0.2) is 4.98 Å². The van der Waals surface area contributed by atoms with Crippen LogP contribution in [0.3, 0.4) is 0 Å². The Kier molecular flexibility index (Phi) is 5.97. The van der Waals surface area contributed by atoms with E-state index in [1.165, 1.54) is 10.4 Å². The van der Waals surface area contributed by atoms with Gasteiger partial charge in [0.1, 0.15) is 10.6 Å². The highest BCUT2D eigenvalue weighted by atomic mass is 32.1. The fourth-order valence-electron chi connectivity index (χ4n) is 5.24. The summed E-state index contributed by atoms with van der Waals surface area (Å²) in [7, 11) is 3.91. The van der Waals surface area contributed by atoms with E-state index in [-0.39, 0.29) is 5.56 Å². The number of thiophene rings is 1. The van der Waals surface area contributed by atoms with Gasteiger partial charge in [0.2, 0.25) is 0 Å². The van der Waals surface area contributed by atoms with Gasteiger partial charge in [0.15, 0.2) is 0 Å². The summed E-state index contributed by atoms with van der Waals surface area (Å²) in [4.78, 5) is 23.1. The number of hydrogen-bond acceptors (Lipinski definition) is 5. The molecule has 0 saturated heterocycles. The number of ether oxygens (including phenoxy) is 1. The lowest BCUT2D eigenvalue weighted by atomic mass is 9.92. The van der Waals surface area contributed by atoms with Gasteiger partial charge >= 0.3 is 0 Å². The molecule has 2 aromatic heterocycles. The molecule has 0 bridgehead atoms. The summed E-state index contributed by atoms with van der Waals surface area (Å²) in [5, 5.41) is 3.06. The molecule has 2 heterocycles. The predicted octanol–water partition coefficient (Wildman–Crippen LogP) is 5.11. The molecule has 0 spiro atoms. The molecule has 172 valence electrons. The molecule has 4 aromatic rings. The third-order valence-electron chi connectivity index (χ3n) is 6.83. The van der Waals surface area contributed by atoms with Gasteiger partial charge in [-0.1, -0.05) is 44.2 Å². The van der Waals surface area contributed by atoms with Crippen LogP contribution in [0.4, 0.5) is 0 Å². The van der Waals surface area contributed by atoms with Crippen molar-refractivity contribution in [3.63, 3.8) is 0 Å². The number of rotatable bonds is 6. The molecule has 1 aliphatic carbocycles. The van der Waals surface area contributed by atoms with Gasteiger partial charge in [0, 0.05) is 23.0 Å². The molecule has 6 heteroatoms. The maximum Gasteiger partial charge on any atom is 0.262 e. The predicted molar refractivity (Wildman–Crippen MR) is 137 cm³/mol. The Morgan fingerprint density at radius 1 is 1.24 bits per heavy atom. The van der Waals surface area contributed by atoms with E-state index in [4.69, 9.17) is 9.72 Å². The average Bonchev–Trinajstić information content (AvgIpc) is 3.19. The van der Waals surface area contributed by atoms with Crippen LogP contribution in [-0.2, 0) is 19.4 Å². The topological polar surface area (TPSA) is 47.4 Å². The Labute approximate surface area is 198 Å². The standard InChI is InChI=1S/C27H31N3O2S/c1-17(2)14-29(3)19-10-11-21-24(13-19)33-26-25(21)27(31)30(16-28-26)15-22-20-8-6-5-7-18(20)9-12-23(22)32-4/h5-9,12,16-17,19H,10-11,13-15H2,1-4H3. The van der Waals surface area contributed by atoms with E-state index in [0.717, 1.165) is 58.1 Å². The van der Waals surface area contributed by atoms with Gasteiger partial charge < -0.3 is 9.64 Å². The molecule has 1 aliphatic rings. The van der Waals surface area contributed by atoms with Crippen LogP contribution >= 0.6 is 11.3 Å². The van der Waals surface area contributed by atoms with Crippen LogP contribution < -0.4 is 10.3 Å². The second kappa shape index (κ2) is 8.92. The fourth-order valence-corrected chi connectivity index (χ4v) is 6.49. The Bertz CT molecular complexity index is 1370. The Morgan fingerprint density at radius 3 is 2.85 bits per heavy atom. The Hall–Kier alpha value is -2.70. The number of fused-ring (bicyclic) bond motifs is 4. The van der Waals surface area contributed by atoms with Crippen molar-refractivity contribution in [2.75, 3.05) is 20.7 Å². The van der Waals surface area contributed by atoms with Crippen molar-refractivity contribution in [3.05, 3.63) is 69.1 Å². The number of likely N-dealkylation sites (N-methyl/N-ethyl adjacent to an activating group) is 1. The van der Waals surface area contributed by atoms with Crippen molar-refractivity contribution in [1.82, 2.24) is 14.5 Å². The van der Waals surface area contributed by atoms with Crippen molar-refractivity contribution >= 4 is 32.3 Å². The van der Waals surface area contributed by atoms with Crippen LogP contribution in [0.25, 0.3) is 21.0 Å². The maximum atomic E-state index is 13.6. The summed E-state index contributed by atoms with van der Waals surface area (Å²) in [6.45, 7) is 6.07. The highest BCUT2D eigenvalue weighted by Crippen LogP contribution is 2.35. The first-order valence-corrected chi connectivity index (χ1v) is 12.5. The fraction of sp³-hybridized carbons (Fsp3) is 0.407. The van der Waals surface area contributed by atoms with Gasteiger partial charge in [0.25, 0.3) is 5.56 Å². The van der Waals surface area contributed by atoms with E-state index >= 15 is 0 Å². The first kappa shape index (κ1) is 22.1. The second-order valence-corrected chi connectivity index (χ2v) is 10.6. The summed E-state index contributed by atoms with van der Waals surface area (Å²) in [5.74, 6) is 1.45. The van der Waals surface area contributed by atoms with Gasteiger partial charge in [-0.2, -0.15) is 0 Å². The third-order valence-corrected chi connectivity index (χ3v) is 7.99. The van der Waals surface area contributed by atoms with E-state index in [1.807, 2.05) is 18.2 Å². The number of aryl methyl sites for hydroxylation is 1. The zero-order valence-electron chi connectivity index (χ0n) is 19.8. The molecule has 33 heavy (non-hydrogen) atoms. The van der Waals surface area contributed by atoms with E-state index in [2.05, 4.69) is 44.0 Å². The molecule has 1 atom stereocenters. The van der Waals surface area contributed by atoms with Crippen molar-refractivity contribution in [3.8, 4) is 5.75 Å². The highest BCUT2D eigenvalue weighted by Gasteiger charge is 2.27. The third kappa shape index (κ3) is 4.06. The molecule has 5 rings (SSSR count). The molecule has 2 aromatic carbocycles. The Balaban J connectivity index is 1.53. The largest absolute Gasteiger partial charge is 0.496 e. The molecular weight excluding hydrogens is 430 g/mol. The van der Waals surface area contributed by atoms with E-state index < -0.39 is 0 Å². The van der Waals surface area contributed by atoms with Gasteiger partial charge in [-0.05, 0) is 54.6 Å². The van der Waals surface area contributed by atoms with Gasteiger partial charge in [0.05, 0.1) is 25.4 Å². The monoisotopic (exact) mass is 461 g/mol. The maximum absolute atomic E-state index is 13.6. The SMILES string of the molecule is COc1ccc2ccccc2c1Cn1cnc2sc3c(c2c1=O)CCC(N(C)CC(C)C)C3. The summed E-state index contributed by atoms with van der Waals surface area (Å²) in [6.07, 6.45) is 4.75. The number of nitrogens with zero attached hydrogens (tertiary/aromatic N) is 3. The van der Waals surface area contributed by atoms with E-state index in [1.54, 1.807) is 29.3 Å². The highest BCUT2D eigenvalue weighted by molar-refractivity contribution is 7.18. The molecule has 0 aliphatic heterocycles. The van der Waals surface area contributed by atoms with Crippen LogP contribution in [0.1, 0.15) is 36.3 Å². The zero-order valence-corrected chi connectivity index (χ0v) is 20.6. The first-order chi connectivity index (χ1) is 16.0. The van der Waals surface area contributed by atoms with E-state index in [0.29, 0.717) is 18.5 Å². The minimum absolute atomic E-state index is 0.0569.